The lowest BCUT2D eigenvalue weighted by molar-refractivity contribution is -0.895. The van der Waals surface area contributed by atoms with Crippen LogP contribution in [0.2, 0.25) is 0 Å². The number of nitrogens with zero attached hydrogens (tertiary/aromatic N) is 1. The van der Waals surface area contributed by atoms with Gasteiger partial charge in [0, 0.05) is 17.8 Å². The molecule has 1 aliphatic rings. The number of benzene rings is 2. The first-order valence-corrected chi connectivity index (χ1v) is 9.52. The third-order valence-corrected chi connectivity index (χ3v) is 5.44. The highest BCUT2D eigenvalue weighted by Crippen LogP contribution is 2.30. The predicted molar refractivity (Wildman–Crippen MR) is 106 cm³/mol. The molecule has 2 N–H and O–H groups in total. The molecule has 1 fully saturated rings. The lowest BCUT2D eigenvalue weighted by Gasteiger charge is -2.31. The summed E-state index contributed by atoms with van der Waals surface area (Å²) in [6.45, 7) is 4.84. The lowest BCUT2D eigenvalue weighted by Crippen LogP contribution is -3.15. The Morgan fingerprint density at radius 3 is 2.43 bits per heavy atom. The average Bonchev–Trinajstić information content (AvgIpc) is 3.08. The van der Waals surface area contributed by atoms with Crippen molar-refractivity contribution in [1.29, 1.82) is 0 Å². The summed E-state index contributed by atoms with van der Waals surface area (Å²) < 4.78 is 13.4. The number of quaternary nitrogens is 1. The van der Waals surface area contributed by atoms with Gasteiger partial charge in [0.25, 0.3) is 0 Å². The van der Waals surface area contributed by atoms with Gasteiger partial charge in [-0.15, -0.1) is 0 Å². The van der Waals surface area contributed by atoms with Crippen molar-refractivity contribution in [1.82, 2.24) is 9.88 Å². The van der Waals surface area contributed by atoms with Crippen LogP contribution in [0.5, 0.6) is 0 Å². The molecule has 0 aliphatic carbocycles. The Bertz CT molecular complexity index is 1020. The summed E-state index contributed by atoms with van der Waals surface area (Å²) in [5.41, 5.74) is 3.07. The number of ketones is 1. The number of piperazine rings is 1. The topological polar surface area (TPSA) is 57.6 Å². The summed E-state index contributed by atoms with van der Waals surface area (Å²) in [5, 5.41) is 0.883. The quantitative estimate of drug-likeness (QED) is 0.680. The van der Waals surface area contributed by atoms with E-state index in [2.05, 4.69) is 4.98 Å². The summed E-state index contributed by atoms with van der Waals surface area (Å²) >= 11 is 0. The number of para-hydroxylation sites is 1. The Morgan fingerprint density at radius 1 is 1.07 bits per heavy atom. The zero-order valence-corrected chi connectivity index (χ0v) is 15.8. The van der Waals surface area contributed by atoms with Gasteiger partial charge < -0.3 is 14.8 Å². The van der Waals surface area contributed by atoms with Crippen LogP contribution in [0.1, 0.15) is 17.3 Å². The van der Waals surface area contributed by atoms with Crippen LogP contribution in [-0.4, -0.2) is 54.3 Å². The van der Waals surface area contributed by atoms with E-state index in [1.54, 1.807) is 19.1 Å². The minimum Gasteiger partial charge on any atom is -0.354 e. The number of carbonyl (C=O) groups excluding carboxylic acids is 2. The second-order valence-electron chi connectivity index (χ2n) is 7.28. The van der Waals surface area contributed by atoms with Gasteiger partial charge in [-0.25, -0.2) is 4.39 Å². The highest BCUT2D eigenvalue weighted by atomic mass is 19.1. The molecule has 3 aromatic rings. The predicted octanol–water partition coefficient (Wildman–Crippen LogP) is 1.90. The maximum absolute atomic E-state index is 13.4. The fraction of sp³-hybridized carbons (Fsp3) is 0.273. The lowest BCUT2D eigenvalue weighted by atomic mass is 10.0. The van der Waals surface area contributed by atoms with Crippen LogP contribution < -0.4 is 4.90 Å². The van der Waals surface area contributed by atoms with Crippen LogP contribution >= 0.6 is 0 Å². The molecule has 1 aromatic heterocycles. The van der Waals surface area contributed by atoms with Gasteiger partial charge >= 0.3 is 0 Å². The van der Waals surface area contributed by atoms with Crippen molar-refractivity contribution in [3.63, 3.8) is 0 Å². The molecule has 2 aromatic carbocycles. The number of aromatic amines is 1. The number of fused-ring (bicyclic) bond motifs is 1. The van der Waals surface area contributed by atoms with E-state index in [9.17, 15) is 14.0 Å². The molecule has 5 nitrogen and oxygen atoms in total. The maximum atomic E-state index is 13.4. The van der Waals surface area contributed by atoms with E-state index in [1.165, 1.54) is 17.0 Å². The fourth-order valence-electron chi connectivity index (χ4n) is 3.89. The first kappa shape index (κ1) is 18.4. The van der Waals surface area contributed by atoms with Gasteiger partial charge in [-0.2, -0.15) is 0 Å². The molecule has 2 heterocycles. The monoisotopic (exact) mass is 380 g/mol. The van der Waals surface area contributed by atoms with Gasteiger partial charge in [0.2, 0.25) is 11.7 Å². The summed E-state index contributed by atoms with van der Waals surface area (Å²) in [6.07, 6.45) is 0. The van der Waals surface area contributed by atoms with E-state index < -0.39 is 0 Å². The van der Waals surface area contributed by atoms with Crippen LogP contribution in [-0.2, 0) is 4.79 Å². The zero-order chi connectivity index (χ0) is 19.7. The van der Waals surface area contributed by atoms with E-state index in [-0.39, 0.29) is 17.5 Å². The summed E-state index contributed by atoms with van der Waals surface area (Å²) in [7, 11) is 0. The standard InChI is InChI=1S/C22H22FN3O2/c1-15(27)26-12-10-25(11-13-26)14-20(28)21-18-4-2-3-5-19(18)24-22(21)16-6-8-17(23)9-7-16/h2-9,24H,10-14H2,1H3/p+1. The molecule has 4 rings (SSSR count). The second-order valence-corrected chi connectivity index (χ2v) is 7.28. The van der Waals surface area contributed by atoms with Crippen molar-refractivity contribution >= 4 is 22.6 Å². The Morgan fingerprint density at radius 2 is 1.75 bits per heavy atom. The van der Waals surface area contributed by atoms with Crippen LogP contribution in [0.25, 0.3) is 22.2 Å². The highest BCUT2D eigenvalue weighted by molar-refractivity contribution is 6.13. The third kappa shape index (κ3) is 3.55. The molecule has 0 radical (unpaired) electrons. The number of hydrogen-bond donors (Lipinski definition) is 2. The van der Waals surface area contributed by atoms with Crippen molar-refractivity contribution in [2.24, 2.45) is 0 Å². The molecule has 0 unspecified atom stereocenters. The second kappa shape index (κ2) is 7.56. The van der Waals surface area contributed by atoms with Gasteiger partial charge in [-0.3, -0.25) is 9.59 Å². The number of H-pyrrole nitrogens is 1. The molecular formula is C22H23FN3O2+. The molecule has 28 heavy (non-hydrogen) atoms. The molecule has 0 saturated carbocycles. The largest absolute Gasteiger partial charge is 0.354 e. The summed E-state index contributed by atoms with van der Waals surface area (Å²) in [6, 6.07) is 13.9. The van der Waals surface area contributed by atoms with Crippen molar-refractivity contribution in [3.8, 4) is 11.3 Å². The molecule has 1 amide bonds. The number of hydrogen-bond acceptors (Lipinski definition) is 2. The minimum atomic E-state index is -0.305. The molecule has 0 atom stereocenters. The number of carbonyl (C=O) groups is 2. The minimum absolute atomic E-state index is 0.0584. The Labute approximate surface area is 162 Å². The van der Waals surface area contributed by atoms with Crippen LogP contribution in [0.4, 0.5) is 4.39 Å². The van der Waals surface area contributed by atoms with Gasteiger partial charge in [-0.1, -0.05) is 18.2 Å². The molecule has 0 bridgehead atoms. The average molecular weight is 380 g/mol. The number of aromatic nitrogens is 1. The number of amides is 1. The fourth-order valence-corrected chi connectivity index (χ4v) is 3.89. The van der Waals surface area contributed by atoms with Crippen molar-refractivity contribution in [3.05, 3.63) is 59.9 Å². The van der Waals surface area contributed by atoms with Gasteiger partial charge in [-0.05, 0) is 35.9 Å². The highest BCUT2D eigenvalue weighted by Gasteiger charge is 2.27. The molecule has 0 spiro atoms. The van der Waals surface area contributed by atoms with Gasteiger partial charge in [0.05, 0.1) is 37.4 Å². The molecule has 1 saturated heterocycles. The van der Waals surface area contributed by atoms with Gasteiger partial charge in [0.1, 0.15) is 12.4 Å². The first-order chi connectivity index (χ1) is 13.5. The van der Waals surface area contributed by atoms with Crippen molar-refractivity contribution in [2.75, 3.05) is 32.7 Å². The van der Waals surface area contributed by atoms with E-state index in [0.29, 0.717) is 25.2 Å². The number of halogens is 1. The van der Waals surface area contributed by atoms with Crippen LogP contribution in [0, 0.1) is 5.82 Å². The third-order valence-electron chi connectivity index (χ3n) is 5.44. The van der Waals surface area contributed by atoms with E-state index in [4.69, 9.17) is 0 Å². The van der Waals surface area contributed by atoms with E-state index >= 15 is 0 Å². The first-order valence-electron chi connectivity index (χ1n) is 9.52. The van der Waals surface area contributed by atoms with Crippen LogP contribution in [0.15, 0.2) is 48.5 Å². The van der Waals surface area contributed by atoms with Crippen molar-refractivity contribution in [2.45, 2.75) is 6.92 Å². The van der Waals surface area contributed by atoms with Gasteiger partial charge in [0.15, 0.2) is 0 Å². The summed E-state index contributed by atoms with van der Waals surface area (Å²) in [5.74, 6) is -0.163. The number of Topliss-reactive ketones (excluding diaryl/α,β-unsaturated/α-hetero) is 1. The van der Waals surface area contributed by atoms with E-state index in [1.807, 2.05) is 29.2 Å². The molecule has 6 heteroatoms. The van der Waals surface area contributed by atoms with Crippen LogP contribution in [0.3, 0.4) is 0 Å². The molecule has 1 aliphatic heterocycles. The molecule has 144 valence electrons. The zero-order valence-electron chi connectivity index (χ0n) is 15.8. The number of rotatable bonds is 4. The molecular weight excluding hydrogens is 357 g/mol. The SMILES string of the molecule is CC(=O)N1CC[NH+](CC(=O)c2c(-c3ccc(F)cc3)[nH]c3ccccc23)CC1. The Balaban J connectivity index is 1.64. The number of nitrogens with one attached hydrogen (secondary N) is 2. The van der Waals surface area contributed by atoms with E-state index in [0.717, 1.165) is 35.2 Å². The summed E-state index contributed by atoms with van der Waals surface area (Å²) in [4.78, 5) is 31.1. The normalized spacial score (nSPS) is 15.1. The smallest absolute Gasteiger partial charge is 0.219 e. The Hall–Kier alpha value is -2.99. The van der Waals surface area contributed by atoms with Crippen molar-refractivity contribution < 1.29 is 18.9 Å². The Kier molecular flexibility index (Phi) is 4.96. The maximum Gasteiger partial charge on any atom is 0.219 e.